The molecule has 2 heterocycles. The van der Waals surface area contributed by atoms with Crippen molar-refractivity contribution in [3.8, 4) is 5.75 Å². The summed E-state index contributed by atoms with van der Waals surface area (Å²) in [5.41, 5.74) is 1.36. The van der Waals surface area contributed by atoms with E-state index in [9.17, 15) is 15.0 Å². The lowest BCUT2D eigenvalue weighted by molar-refractivity contribution is 0.0674. The van der Waals surface area contributed by atoms with Crippen molar-refractivity contribution in [2.75, 3.05) is 23.8 Å². The van der Waals surface area contributed by atoms with E-state index in [1.54, 1.807) is 23.1 Å². The molecule has 3 aromatic rings. The lowest BCUT2D eigenvalue weighted by atomic mass is 10.1. The van der Waals surface area contributed by atoms with Crippen molar-refractivity contribution in [2.24, 2.45) is 0 Å². The minimum Gasteiger partial charge on any atom is -0.505 e. The van der Waals surface area contributed by atoms with Gasteiger partial charge in [-0.15, -0.1) is 0 Å². The van der Waals surface area contributed by atoms with Crippen molar-refractivity contribution in [2.45, 2.75) is 18.9 Å². The number of hydrogen-bond acceptors (Lipinski definition) is 8. The molecule has 1 atom stereocenters. The number of halogens is 1. The van der Waals surface area contributed by atoms with Crippen LogP contribution in [0.3, 0.4) is 0 Å². The van der Waals surface area contributed by atoms with Crippen LogP contribution < -0.4 is 10.6 Å². The molecular formula is C20H20BrN5O3S. The molecule has 0 radical (unpaired) electrons. The molecule has 1 aromatic heterocycles. The molecule has 0 unspecified atom stereocenters. The molecule has 10 heteroatoms. The van der Waals surface area contributed by atoms with E-state index in [2.05, 4.69) is 35.3 Å². The number of anilines is 4. The quantitative estimate of drug-likeness (QED) is 0.385. The average molecular weight is 490 g/mol. The second-order valence-corrected chi connectivity index (χ2v) is 8.25. The summed E-state index contributed by atoms with van der Waals surface area (Å²) in [6, 6.07) is 12.4. The molecule has 0 bridgehead atoms. The Morgan fingerprint density at radius 3 is 2.57 bits per heavy atom. The summed E-state index contributed by atoms with van der Waals surface area (Å²) in [6.45, 7) is 0.482. The van der Waals surface area contributed by atoms with Crippen LogP contribution in [0.1, 0.15) is 23.2 Å². The highest BCUT2D eigenvalue weighted by molar-refractivity contribution is 9.10. The molecular weight excluding hydrogens is 470 g/mol. The number of aliphatic hydroxyl groups is 1. The third kappa shape index (κ3) is 4.11. The number of nitrogens with one attached hydrogen (secondary N) is 2. The third-order valence-electron chi connectivity index (χ3n) is 4.98. The highest BCUT2D eigenvalue weighted by Gasteiger charge is 2.30. The zero-order chi connectivity index (χ0) is 21.1. The van der Waals surface area contributed by atoms with Crippen LogP contribution in [0.25, 0.3) is 0 Å². The summed E-state index contributed by atoms with van der Waals surface area (Å²) in [5.74, 6) is 0.481. The van der Waals surface area contributed by atoms with Gasteiger partial charge in [-0.3, -0.25) is 4.79 Å². The third-order valence-corrected chi connectivity index (χ3v) is 6.20. The summed E-state index contributed by atoms with van der Waals surface area (Å²) >= 11 is 4.51. The summed E-state index contributed by atoms with van der Waals surface area (Å²) in [5, 5.41) is 26.5. The molecule has 1 aliphatic heterocycles. The zero-order valence-corrected chi connectivity index (χ0v) is 18.3. The first kappa shape index (κ1) is 20.6. The largest absolute Gasteiger partial charge is 0.505 e. The lowest BCUT2D eigenvalue weighted by Gasteiger charge is -2.23. The maximum absolute atomic E-state index is 12.9. The number of carbonyl (C=O) groups excluding carboxylic acids is 1. The Balaban J connectivity index is 1.57. The van der Waals surface area contributed by atoms with Crippen LogP contribution in [0.2, 0.25) is 0 Å². The second kappa shape index (κ2) is 8.99. The number of carbonyl (C=O) groups is 1. The van der Waals surface area contributed by atoms with Crippen molar-refractivity contribution in [1.82, 2.24) is 13.6 Å². The Morgan fingerprint density at radius 2 is 1.83 bits per heavy atom. The Morgan fingerprint density at radius 1 is 1.13 bits per heavy atom. The average Bonchev–Trinajstić information content (AvgIpc) is 3.40. The number of phenolic OH excluding ortho intramolecular Hbond substituents is 1. The SMILES string of the molecule is O=C(c1cccc(Nc2nsnc2Nc2ccccc2Br)c1O)N1CCC[C@H]1CO. The Bertz CT molecular complexity index is 1060. The van der Waals surface area contributed by atoms with Crippen LogP contribution >= 0.6 is 27.7 Å². The number of phenols is 1. The summed E-state index contributed by atoms with van der Waals surface area (Å²) in [6.07, 6.45) is 1.60. The molecule has 4 N–H and O–H groups in total. The van der Waals surface area contributed by atoms with Crippen molar-refractivity contribution < 1.29 is 15.0 Å². The monoisotopic (exact) mass is 489 g/mol. The Kier molecular flexibility index (Phi) is 6.16. The minimum atomic E-state index is -0.296. The van der Waals surface area contributed by atoms with E-state index in [-0.39, 0.29) is 29.9 Å². The molecule has 0 aliphatic carbocycles. The molecule has 8 nitrogen and oxygen atoms in total. The minimum absolute atomic E-state index is 0.0843. The van der Waals surface area contributed by atoms with Gasteiger partial charge in [0.1, 0.15) is 0 Å². The van der Waals surface area contributed by atoms with Gasteiger partial charge in [-0.25, -0.2) is 0 Å². The van der Waals surface area contributed by atoms with Crippen molar-refractivity contribution in [3.63, 3.8) is 0 Å². The number of amides is 1. The fraction of sp³-hybridized carbons (Fsp3) is 0.250. The van der Waals surface area contributed by atoms with Gasteiger partial charge in [0.2, 0.25) is 0 Å². The number of hydrogen-bond donors (Lipinski definition) is 4. The predicted octanol–water partition coefficient (Wildman–Crippen LogP) is 4.09. The summed E-state index contributed by atoms with van der Waals surface area (Å²) in [7, 11) is 0. The number of benzene rings is 2. The first-order chi connectivity index (χ1) is 14.6. The van der Waals surface area contributed by atoms with Crippen molar-refractivity contribution in [3.05, 3.63) is 52.5 Å². The Hall–Kier alpha value is -2.69. The van der Waals surface area contributed by atoms with Gasteiger partial charge in [0.15, 0.2) is 17.4 Å². The molecule has 1 amide bonds. The number of nitrogens with zero attached hydrogens (tertiary/aromatic N) is 3. The highest BCUT2D eigenvalue weighted by Crippen LogP contribution is 2.35. The van der Waals surface area contributed by atoms with E-state index in [4.69, 9.17) is 0 Å². The highest BCUT2D eigenvalue weighted by atomic mass is 79.9. The van der Waals surface area contributed by atoms with Gasteiger partial charge in [-0.2, -0.15) is 8.75 Å². The van der Waals surface area contributed by atoms with E-state index in [0.717, 1.165) is 34.7 Å². The maximum Gasteiger partial charge on any atom is 0.258 e. The molecule has 1 fully saturated rings. The number of aliphatic hydroxyl groups excluding tert-OH is 1. The number of likely N-dealkylation sites (tertiary alicyclic amines) is 1. The number of rotatable bonds is 6. The number of para-hydroxylation sites is 2. The lowest BCUT2D eigenvalue weighted by Crippen LogP contribution is -2.37. The van der Waals surface area contributed by atoms with Crippen LogP contribution in [-0.2, 0) is 0 Å². The van der Waals surface area contributed by atoms with E-state index in [1.807, 2.05) is 24.3 Å². The van der Waals surface area contributed by atoms with E-state index >= 15 is 0 Å². The van der Waals surface area contributed by atoms with Gasteiger partial charge in [-0.05, 0) is 53.0 Å². The molecule has 0 spiro atoms. The molecule has 156 valence electrons. The van der Waals surface area contributed by atoms with Crippen molar-refractivity contribution in [1.29, 1.82) is 0 Å². The van der Waals surface area contributed by atoms with Gasteiger partial charge in [-0.1, -0.05) is 18.2 Å². The zero-order valence-electron chi connectivity index (χ0n) is 15.9. The van der Waals surface area contributed by atoms with Crippen LogP contribution in [0.5, 0.6) is 5.75 Å². The van der Waals surface area contributed by atoms with E-state index < -0.39 is 0 Å². The maximum atomic E-state index is 12.9. The molecule has 0 saturated carbocycles. The molecule has 30 heavy (non-hydrogen) atoms. The molecule has 1 saturated heterocycles. The van der Waals surface area contributed by atoms with Gasteiger partial charge in [0.05, 0.1) is 41.3 Å². The van der Waals surface area contributed by atoms with Crippen LogP contribution in [0, 0.1) is 0 Å². The van der Waals surface area contributed by atoms with E-state index in [1.165, 1.54) is 0 Å². The predicted molar refractivity (Wildman–Crippen MR) is 120 cm³/mol. The Labute approximate surface area is 186 Å². The van der Waals surface area contributed by atoms with Crippen LogP contribution in [-0.4, -0.2) is 49.0 Å². The van der Waals surface area contributed by atoms with Gasteiger partial charge in [0, 0.05) is 11.0 Å². The first-order valence-corrected chi connectivity index (χ1v) is 11.0. The van der Waals surface area contributed by atoms with Gasteiger partial charge >= 0.3 is 0 Å². The molecule has 1 aliphatic rings. The first-order valence-electron chi connectivity index (χ1n) is 9.43. The number of aromatic hydroxyl groups is 1. The number of aromatic nitrogens is 2. The van der Waals surface area contributed by atoms with Gasteiger partial charge in [0.25, 0.3) is 5.91 Å². The van der Waals surface area contributed by atoms with Crippen molar-refractivity contribution >= 4 is 56.6 Å². The molecule has 4 rings (SSSR count). The topological polar surface area (TPSA) is 111 Å². The van der Waals surface area contributed by atoms with E-state index in [0.29, 0.717) is 23.9 Å². The molecule has 2 aromatic carbocycles. The van der Waals surface area contributed by atoms with Crippen LogP contribution in [0.4, 0.5) is 23.0 Å². The smallest absolute Gasteiger partial charge is 0.258 e. The standard InChI is InChI=1S/C20H20BrN5O3S/c21-14-7-1-2-8-15(14)22-18-19(25-30-24-18)23-16-9-3-6-13(17(16)28)20(29)26-10-4-5-12(26)11-27/h1-3,6-9,12,27-28H,4-5,10-11H2,(H,22,24)(H,23,25)/t12-/m0/s1. The van der Waals surface area contributed by atoms with Crippen LogP contribution in [0.15, 0.2) is 46.9 Å². The normalized spacial score (nSPS) is 15.9. The summed E-state index contributed by atoms with van der Waals surface area (Å²) < 4.78 is 9.41. The second-order valence-electron chi connectivity index (χ2n) is 6.87. The fourth-order valence-corrected chi connectivity index (χ4v) is 4.29. The fourth-order valence-electron chi connectivity index (χ4n) is 3.43. The summed E-state index contributed by atoms with van der Waals surface area (Å²) in [4.78, 5) is 14.5. The van der Waals surface area contributed by atoms with Gasteiger partial charge < -0.3 is 25.7 Å².